The van der Waals surface area contributed by atoms with Crippen LogP contribution in [0.4, 0.5) is 0 Å². The number of aromatic nitrogens is 1. The molecule has 0 spiro atoms. The molecular weight excluding hydrogens is 200 g/mol. The van der Waals surface area contributed by atoms with Crippen molar-refractivity contribution in [1.29, 1.82) is 0 Å². The van der Waals surface area contributed by atoms with Crippen LogP contribution in [0.25, 0.3) is 10.9 Å². The van der Waals surface area contributed by atoms with E-state index in [1.165, 1.54) is 5.69 Å². The third-order valence-electron chi connectivity index (χ3n) is 2.85. The van der Waals surface area contributed by atoms with Crippen molar-refractivity contribution in [2.75, 3.05) is 0 Å². The Morgan fingerprint density at radius 1 is 1.38 bits per heavy atom. The Balaban J connectivity index is 2.40. The van der Waals surface area contributed by atoms with Gasteiger partial charge in [-0.3, -0.25) is 0 Å². The van der Waals surface area contributed by atoms with Crippen LogP contribution < -0.4 is 5.32 Å². The van der Waals surface area contributed by atoms with Crippen molar-refractivity contribution in [3.63, 3.8) is 0 Å². The second kappa shape index (κ2) is 4.18. The van der Waals surface area contributed by atoms with Gasteiger partial charge in [-0.25, -0.2) is 0 Å². The molecule has 0 unspecified atom stereocenters. The van der Waals surface area contributed by atoms with Gasteiger partial charge in [-0.1, -0.05) is 19.9 Å². The molecule has 0 radical (unpaired) electrons. The number of fused-ring (bicyclic) bond motifs is 1. The van der Waals surface area contributed by atoms with Gasteiger partial charge in [-0.2, -0.15) is 0 Å². The standard InChI is InChI=1S/C13H18N2O/c1-9(2)14-8-10-7-11-12(15(10)3)5-4-6-13(11)16/h4-7,9,14,16H,8H2,1-3H3. The summed E-state index contributed by atoms with van der Waals surface area (Å²) in [6.45, 7) is 5.07. The molecule has 1 aromatic heterocycles. The molecule has 0 saturated heterocycles. The van der Waals surface area contributed by atoms with E-state index in [2.05, 4.69) is 23.7 Å². The number of aromatic hydroxyl groups is 1. The van der Waals surface area contributed by atoms with Crippen LogP contribution in [0.5, 0.6) is 5.75 Å². The molecule has 0 aliphatic rings. The van der Waals surface area contributed by atoms with Crippen LogP contribution in [0.1, 0.15) is 19.5 Å². The first-order valence-corrected chi connectivity index (χ1v) is 5.59. The Hall–Kier alpha value is -1.48. The topological polar surface area (TPSA) is 37.2 Å². The predicted molar refractivity (Wildman–Crippen MR) is 66.6 cm³/mol. The minimum atomic E-state index is 0.351. The highest BCUT2D eigenvalue weighted by Crippen LogP contribution is 2.26. The third kappa shape index (κ3) is 1.91. The number of hydrogen-bond acceptors (Lipinski definition) is 2. The zero-order chi connectivity index (χ0) is 11.7. The quantitative estimate of drug-likeness (QED) is 0.830. The Kier molecular flexibility index (Phi) is 2.88. The van der Waals surface area contributed by atoms with Gasteiger partial charge in [0.1, 0.15) is 5.75 Å². The molecule has 0 atom stereocenters. The number of aryl methyl sites for hydroxylation is 1. The highest BCUT2D eigenvalue weighted by molar-refractivity contribution is 5.87. The van der Waals surface area contributed by atoms with E-state index in [0.29, 0.717) is 11.8 Å². The third-order valence-corrected chi connectivity index (χ3v) is 2.85. The molecule has 0 amide bonds. The van der Waals surface area contributed by atoms with E-state index in [1.807, 2.05) is 25.2 Å². The lowest BCUT2D eigenvalue weighted by atomic mass is 10.2. The second-order valence-electron chi connectivity index (χ2n) is 4.44. The number of hydrogen-bond donors (Lipinski definition) is 2. The van der Waals surface area contributed by atoms with Crippen molar-refractivity contribution in [3.05, 3.63) is 30.0 Å². The molecule has 1 aromatic carbocycles. The molecular formula is C13H18N2O. The normalized spacial score (nSPS) is 11.5. The molecule has 0 saturated carbocycles. The van der Waals surface area contributed by atoms with Crippen molar-refractivity contribution in [3.8, 4) is 5.75 Å². The molecule has 2 aromatic rings. The number of nitrogens with zero attached hydrogens (tertiary/aromatic N) is 1. The Labute approximate surface area is 95.7 Å². The Bertz CT molecular complexity index is 500. The van der Waals surface area contributed by atoms with Gasteiger partial charge in [0.25, 0.3) is 0 Å². The largest absolute Gasteiger partial charge is 0.507 e. The minimum Gasteiger partial charge on any atom is -0.507 e. The van der Waals surface area contributed by atoms with Gasteiger partial charge in [-0.05, 0) is 18.2 Å². The molecule has 0 aliphatic carbocycles. The van der Waals surface area contributed by atoms with Crippen molar-refractivity contribution in [2.45, 2.75) is 26.4 Å². The highest BCUT2D eigenvalue weighted by atomic mass is 16.3. The first-order valence-electron chi connectivity index (χ1n) is 5.59. The van der Waals surface area contributed by atoms with Crippen LogP contribution in [0.15, 0.2) is 24.3 Å². The van der Waals surface area contributed by atoms with Gasteiger partial charge in [0.15, 0.2) is 0 Å². The Morgan fingerprint density at radius 3 is 2.75 bits per heavy atom. The summed E-state index contributed by atoms with van der Waals surface area (Å²) >= 11 is 0. The van der Waals surface area contributed by atoms with Gasteiger partial charge in [-0.15, -0.1) is 0 Å². The lowest BCUT2D eigenvalue weighted by Crippen LogP contribution is -2.22. The van der Waals surface area contributed by atoms with Crippen molar-refractivity contribution >= 4 is 10.9 Å². The van der Waals surface area contributed by atoms with E-state index in [1.54, 1.807) is 6.07 Å². The minimum absolute atomic E-state index is 0.351. The maximum absolute atomic E-state index is 9.75. The fourth-order valence-electron chi connectivity index (χ4n) is 1.88. The maximum atomic E-state index is 9.75. The molecule has 0 fully saturated rings. The SMILES string of the molecule is CC(C)NCc1cc2c(O)cccc2n1C. The molecule has 2 N–H and O–H groups in total. The summed E-state index contributed by atoms with van der Waals surface area (Å²) < 4.78 is 2.12. The summed E-state index contributed by atoms with van der Waals surface area (Å²) in [5.41, 5.74) is 2.26. The molecule has 16 heavy (non-hydrogen) atoms. The maximum Gasteiger partial charge on any atom is 0.124 e. The van der Waals surface area contributed by atoms with Crippen molar-refractivity contribution in [2.24, 2.45) is 7.05 Å². The van der Waals surface area contributed by atoms with Gasteiger partial charge < -0.3 is 15.0 Å². The highest BCUT2D eigenvalue weighted by Gasteiger charge is 2.08. The van der Waals surface area contributed by atoms with Gasteiger partial charge in [0.05, 0.1) is 5.52 Å². The van der Waals surface area contributed by atoms with Gasteiger partial charge in [0, 0.05) is 30.7 Å². The van der Waals surface area contributed by atoms with E-state index in [-0.39, 0.29) is 0 Å². The lowest BCUT2D eigenvalue weighted by Gasteiger charge is -2.08. The predicted octanol–water partition coefficient (Wildman–Crippen LogP) is 2.38. The zero-order valence-corrected chi connectivity index (χ0v) is 9.99. The molecule has 3 nitrogen and oxygen atoms in total. The van der Waals surface area contributed by atoms with Crippen LogP contribution in [-0.4, -0.2) is 15.7 Å². The van der Waals surface area contributed by atoms with Crippen LogP contribution in [-0.2, 0) is 13.6 Å². The molecule has 3 heteroatoms. The number of benzene rings is 1. The van der Waals surface area contributed by atoms with E-state index in [0.717, 1.165) is 17.4 Å². The molecule has 0 bridgehead atoms. The summed E-state index contributed by atoms with van der Waals surface area (Å²) in [5, 5.41) is 14.1. The molecule has 1 heterocycles. The van der Waals surface area contributed by atoms with Gasteiger partial charge >= 0.3 is 0 Å². The number of nitrogens with one attached hydrogen (secondary N) is 1. The van der Waals surface area contributed by atoms with Gasteiger partial charge in [0.2, 0.25) is 0 Å². The average molecular weight is 218 g/mol. The van der Waals surface area contributed by atoms with E-state index in [4.69, 9.17) is 0 Å². The lowest BCUT2D eigenvalue weighted by molar-refractivity contribution is 0.481. The first kappa shape index (κ1) is 11.0. The summed E-state index contributed by atoms with van der Waals surface area (Å²) in [5.74, 6) is 0.351. The Morgan fingerprint density at radius 2 is 2.12 bits per heavy atom. The zero-order valence-electron chi connectivity index (χ0n) is 9.99. The van der Waals surface area contributed by atoms with E-state index in [9.17, 15) is 5.11 Å². The number of phenolic OH excluding ortho intramolecular Hbond substituents is 1. The van der Waals surface area contributed by atoms with Crippen LogP contribution in [0.3, 0.4) is 0 Å². The molecule has 2 rings (SSSR count). The van der Waals surface area contributed by atoms with Crippen LogP contribution in [0, 0.1) is 0 Å². The number of phenols is 1. The second-order valence-corrected chi connectivity index (χ2v) is 4.44. The summed E-state index contributed by atoms with van der Waals surface area (Å²) in [7, 11) is 2.03. The number of rotatable bonds is 3. The smallest absolute Gasteiger partial charge is 0.124 e. The van der Waals surface area contributed by atoms with Crippen molar-refractivity contribution < 1.29 is 5.11 Å². The fourth-order valence-corrected chi connectivity index (χ4v) is 1.88. The summed E-state index contributed by atoms with van der Waals surface area (Å²) in [6.07, 6.45) is 0. The van der Waals surface area contributed by atoms with Crippen LogP contribution in [0.2, 0.25) is 0 Å². The average Bonchev–Trinajstić information content (AvgIpc) is 2.55. The van der Waals surface area contributed by atoms with Crippen LogP contribution >= 0.6 is 0 Å². The summed E-state index contributed by atoms with van der Waals surface area (Å²) in [6, 6.07) is 8.12. The summed E-state index contributed by atoms with van der Waals surface area (Å²) in [4.78, 5) is 0. The monoisotopic (exact) mass is 218 g/mol. The molecule has 86 valence electrons. The first-order chi connectivity index (χ1) is 7.59. The molecule has 0 aliphatic heterocycles. The van der Waals surface area contributed by atoms with Crippen molar-refractivity contribution in [1.82, 2.24) is 9.88 Å². The van der Waals surface area contributed by atoms with E-state index < -0.39 is 0 Å². The fraction of sp³-hybridized carbons (Fsp3) is 0.385. The van der Waals surface area contributed by atoms with E-state index >= 15 is 0 Å².